The normalized spacial score (nSPS) is 21.1. The molecule has 1 saturated heterocycles. The summed E-state index contributed by atoms with van der Waals surface area (Å²) in [6.07, 6.45) is 2.05. The lowest BCUT2D eigenvalue weighted by atomic mass is 9.84. The maximum absolute atomic E-state index is 13.0. The topological polar surface area (TPSA) is 95.7 Å². The molecule has 0 N–H and O–H groups in total. The van der Waals surface area contributed by atoms with Gasteiger partial charge in [-0.1, -0.05) is 30.8 Å². The molecular weight excluding hydrogens is 428 g/mol. The first-order valence-electron chi connectivity index (χ1n) is 10.6. The Morgan fingerprint density at radius 2 is 1.97 bits per heavy atom. The van der Waals surface area contributed by atoms with Crippen molar-refractivity contribution >= 4 is 29.3 Å². The Balaban J connectivity index is 1.46. The zero-order chi connectivity index (χ0) is 22.9. The minimum absolute atomic E-state index is 0.150. The summed E-state index contributed by atoms with van der Waals surface area (Å²) in [7, 11) is 1.63. The van der Waals surface area contributed by atoms with Crippen LogP contribution in [0.15, 0.2) is 35.5 Å². The number of methoxy groups -OCH3 is 1. The van der Waals surface area contributed by atoms with Gasteiger partial charge in [0, 0.05) is 17.8 Å². The molecule has 3 aromatic rings. The highest BCUT2D eigenvalue weighted by molar-refractivity contribution is 8.01. The number of carbonyl (C=O) groups is 2. The first-order valence-corrected chi connectivity index (χ1v) is 11.5. The van der Waals surface area contributed by atoms with Gasteiger partial charge in [-0.2, -0.15) is 4.98 Å². The van der Waals surface area contributed by atoms with E-state index < -0.39 is 16.8 Å². The maximum atomic E-state index is 13.0. The number of Topliss-reactive ketones (excluding diaryl/α,β-unsaturated/α-hetero) is 1. The summed E-state index contributed by atoms with van der Waals surface area (Å²) in [5.74, 6) is 0.563. The van der Waals surface area contributed by atoms with Crippen molar-refractivity contribution in [3.8, 4) is 5.75 Å². The summed E-state index contributed by atoms with van der Waals surface area (Å²) in [6.45, 7) is 5.73. The van der Waals surface area contributed by atoms with E-state index in [1.54, 1.807) is 11.6 Å². The van der Waals surface area contributed by atoms with E-state index in [4.69, 9.17) is 9.47 Å². The Labute approximate surface area is 190 Å². The number of nitrogens with zero attached hydrogens (tertiary/aromatic N) is 4. The molecule has 0 amide bonds. The number of esters is 1. The monoisotopic (exact) mass is 454 g/mol. The lowest BCUT2D eigenvalue weighted by Crippen LogP contribution is -2.49. The van der Waals surface area contributed by atoms with Gasteiger partial charge in [0.2, 0.25) is 5.16 Å². The van der Waals surface area contributed by atoms with Crippen LogP contribution in [0.4, 0.5) is 0 Å². The summed E-state index contributed by atoms with van der Waals surface area (Å²) in [6, 6.07) is 9.67. The number of fused-ring (bicyclic) bond motifs is 1. The molecular formula is C23H26N4O4S. The molecule has 2 aromatic heterocycles. The fourth-order valence-corrected chi connectivity index (χ4v) is 4.77. The molecule has 1 aromatic carbocycles. The quantitative estimate of drug-likeness (QED) is 0.395. The van der Waals surface area contributed by atoms with Gasteiger partial charge >= 0.3 is 5.97 Å². The van der Waals surface area contributed by atoms with E-state index in [-0.39, 0.29) is 12.2 Å². The molecule has 3 heterocycles. The molecule has 1 aliphatic rings. The van der Waals surface area contributed by atoms with Crippen LogP contribution in [0.2, 0.25) is 0 Å². The number of aromatic nitrogens is 4. The summed E-state index contributed by atoms with van der Waals surface area (Å²) in [4.78, 5) is 34.6. The van der Waals surface area contributed by atoms with Crippen molar-refractivity contribution in [2.75, 3.05) is 7.11 Å². The number of aryl methyl sites for hydroxylation is 3. The SMILES string of the molecule is CCC1(CCc2ccc(OC)cc2)CC(=O)C(Sc2nc3nc(C)cc(C)n3n2)C(=O)O1. The van der Waals surface area contributed by atoms with Crippen molar-refractivity contribution in [2.45, 2.75) is 62.5 Å². The van der Waals surface area contributed by atoms with Crippen LogP contribution >= 0.6 is 11.8 Å². The third-order valence-corrected chi connectivity index (χ3v) is 6.89. The van der Waals surface area contributed by atoms with Crippen molar-refractivity contribution in [2.24, 2.45) is 0 Å². The molecule has 2 atom stereocenters. The minimum Gasteiger partial charge on any atom is -0.497 e. The summed E-state index contributed by atoms with van der Waals surface area (Å²) in [5.41, 5.74) is 2.03. The molecule has 0 spiro atoms. The second kappa shape index (κ2) is 8.90. The third-order valence-electron chi connectivity index (χ3n) is 5.81. The molecule has 0 saturated carbocycles. The van der Waals surface area contributed by atoms with Crippen LogP contribution in [0.5, 0.6) is 5.75 Å². The highest BCUT2D eigenvalue weighted by Gasteiger charge is 2.46. The number of benzene rings is 1. The number of ether oxygens (including phenoxy) is 2. The van der Waals surface area contributed by atoms with Crippen LogP contribution in [0, 0.1) is 13.8 Å². The number of cyclic esters (lactones) is 1. The fourth-order valence-electron chi connectivity index (χ4n) is 3.94. The molecule has 1 fully saturated rings. The third kappa shape index (κ3) is 4.48. The predicted octanol–water partition coefficient (Wildman–Crippen LogP) is 3.51. The largest absolute Gasteiger partial charge is 0.497 e. The molecule has 0 bridgehead atoms. The molecule has 0 radical (unpaired) electrons. The second-order valence-corrected chi connectivity index (χ2v) is 9.16. The average Bonchev–Trinajstić information content (AvgIpc) is 3.18. The number of ketones is 1. The van der Waals surface area contributed by atoms with Gasteiger partial charge in [-0.25, -0.2) is 9.50 Å². The van der Waals surface area contributed by atoms with Crippen molar-refractivity contribution < 1.29 is 19.1 Å². The smallest absolute Gasteiger partial charge is 0.327 e. The summed E-state index contributed by atoms with van der Waals surface area (Å²) >= 11 is 1.03. The molecule has 168 valence electrons. The predicted molar refractivity (Wildman–Crippen MR) is 120 cm³/mol. The maximum Gasteiger partial charge on any atom is 0.327 e. The van der Waals surface area contributed by atoms with Gasteiger partial charge < -0.3 is 9.47 Å². The minimum atomic E-state index is -0.963. The van der Waals surface area contributed by atoms with E-state index >= 15 is 0 Å². The van der Waals surface area contributed by atoms with Crippen LogP contribution in [-0.4, -0.2) is 49.3 Å². The standard InChI is InChI=1S/C23H26N4O4S/c1-5-23(11-10-16-6-8-17(30-4)9-7-16)13-18(28)19(20(29)31-23)32-22-25-21-24-14(2)12-15(3)27(21)26-22/h6-9,12,19H,5,10-11,13H2,1-4H3. The second-order valence-electron chi connectivity index (χ2n) is 8.09. The lowest BCUT2D eigenvalue weighted by molar-refractivity contribution is -0.170. The van der Waals surface area contributed by atoms with E-state index in [0.717, 1.165) is 34.5 Å². The molecule has 4 rings (SSSR count). The zero-order valence-electron chi connectivity index (χ0n) is 18.6. The molecule has 8 nitrogen and oxygen atoms in total. The number of hydrogen-bond donors (Lipinski definition) is 0. The Morgan fingerprint density at radius 3 is 2.62 bits per heavy atom. The Hall–Kier alpha value is -2.94. The summed E-state index contributed by atoms with van der Waals surface area (Å²) in [5, 5.41) is 3.77. The fraction of sp³-hybridized carbons (Fsp3) is 0.435. The number of hydrogen-bond acceptors (Lipinski definition) is 8. The number of carbonyl (C=O) groups excluding carboxylic acids is 2. The molecule has 9 heteroatoms. The van der Waals surface area contributed by atoms with E-state index in [1.165, 1.54) is 0 Å². The van der Waals surface area contributed by atoms with Gasteiger partial charge in [0.15, 0.2) is 11.0 Å². The molecule has 1 aliphatic heterocycles. The molecule has 0 aliphatic carbocycles. The average molecular weight is 455 g/mol. The first kappa shape index (κ1) is 22.3. The highest BCUT2D eigenvalue weighted by atomic mass is 32.2. The van der Waals surface area contributed by atoms with Gasteiger partial charge in [-0.3, -0.25) is 9.59 Å². The van der Waals surface area contributed by atoms with Gasteiger partial charge in [0.25, 0.3) is 5.78 Å². The van der Waals surface area contributed by atoms with Crippen LogP contribution in [-0.2, 0) is 20.7 Å². The van der Waals surface area contributed by atoms with E-state index in [1.807, 2.05) is 51.1 Å². The number of thioether (sulfide) groups is 1. The lowest BCUT2D eigenvalue weighted by Gasteiger charge is -2.37. The van der Waals surface area contributed by atoms with Crippen molar-refractivity contribution in [1.82, 2.24) is 19.6 Å². The van der Waals surface area contributed by atoms with Crippen molar-refractivity contribution in [1.29, 1.82) is 0 Å². The van der Waals surface area contributed by atoms with Gasteiger partial charge in [0.1, 0.15) is 11.4 Å². The van der Waals surface area contributed by atoms with Gasteiger partial charge in [-0.05, 0) is 56.9 Å². The first-order chi connectivity index (χ1) is 15.3. The number of rotatable bonds is 7. The van der Waals surface area contributed by atoms with Crippen molar-refractivity contribution in [3.05, 3.63) is 47.3 Å². The highest BCUT2D eigenvalue weighted by Crippen LogP contribution is 2.37. The Kier molecular flexibility index (Phi) is 6.19. The van der Waals surface area contributed by atoms with E-state index in [9.17, 15) is 9.59 Å². The van der Waals surface area contributed by atoms with Crippen LogP contribution < -0.4 is 4.74 Å². The summed E-state index contributed by atoms with van der Waals surface area (Å²) < 4.78 is 12.7. The van der Waals surface area contributed by atoms with Crippen molar-refractivity contribution in [3.63, 3.8) is 0 Å². The molecule has 32 heavy (non-hydrogen) atoms. The Bertz CT molecular complexity index is 1140. The molecule has 2 unspecified atom stereocenters. The zero-order valence-corrected chi connectivity index (χ0v) is 19.4. The van der Waals surface area contributed by atoms with Gasteiger partial charge in [0.05, 0.1) is 7.11 Å². The van der Waals surface area contributed by atoms with Gasteiger partial charge in [-0.15, -0.1) is 5.10 Å². The Morgan fingerprint density at radius 1 is 1.22 bits per heavy atom. The van der Waals surface area contributed by atoms with Crippen LogP contribution in [0.25, 0.3) is 5.78 Å². The van der Waals surface area contributed by atoms with E-state index in [0.29, 0.717) is 30.2 Å². The van der Waals surface area contributed by atoms with E-state index in [2.05, 4.69) is 15.1 Å². The van der Waals surface area contributed by atoms with Crippen LogP contribution in [0.3, 0.4) is 0 Å². The van der Waals surface area contributed by atoms with Crippen LogP contribution in [0.1, 0.15) is 43.1 Å².